The van der Waals surface area contributed by atoms with Gasteiger partial charge in [-0.3, -0.25) is 0 Å². The summed E-state index contributed by atoms with van der Waals surface area (Å²) in [6, 6.07) is 0.194. The molecule has 0 saturated heterocycles. The molecule has 1 aliphatic rings. The van der Waals surface area contributed by atoms with Crippen molar-refractivity contribution in [1.82, 2.24) is 5.32 Å². The summed E-state index contributed by atoms with van der Waals surface area (Å²) >= 11 is 0. The topological polar surface area (TPSA) is 47.6 Å². The fourth-order valence-corrected chi connectivity index (χ4v) is 3.23. The van der Waals surface area contributed by atoms with Gasteiger partial charge >= 0.3 is 6.09 Å². The van der Waals surface area contributed by atoms with Gasteiger partial charge in [0.1, 0.15) is 5.60 Å². The van der Waals surface area contributed by atoms with Crippen molar-refractivity contribution in [3.05, 3.63) is 0 Å². The molecule has 0 aromatic heterocycles. The van der Waals surface area contributed by atoms with Gasteiger partial charge in [-0.05, 0) is 51.7 Å². The summed E-state index contributed by atoms with van der Waals surface area (Å²) in [6.45, 7) is 16.9. The fourth-order valence-electron chi connectivity index (χ4n) is 1.85. The second kappa shape index (κ2) is 5.68. The van der Waals surface area contributed by atoms with Crippen molar-refractivity contribution >= 4 is 14.4 Å². The van der Waals surface area contributed by atoms with Crippen molar-refractivity contribution in [2.24, 2.45) is 0 Å². The van der Waals surface area contributed by atoms with E-state index >= 15 is 0 Å². The van der Waals surface area contributed by atoms with Crippen molar-refractivity contribution < 1.29 is 14.0 Å². The molecule has 0 aromatic rings. The summed E-state index contributed by atoms with van der Waals surface area (Å²) in [5, 5.41) is 3.13. The molecule has 1 rings (SSSR count). The number of hydrogen-bond donors (Lipinski definition) is 1. The van der Waals surface area contributed by atoms with Gasteiger partial charge in [-0.2, -0.15) is 0 Å². The zero-order valence-corrected chi connectivity index (χ0v) is 15.3. The Balaban J connectivity index is 2.32. The van der Waals surface area contributed by atoms with Gasteiger partial charge in [0.05, 0.1) is 0 Å². The highest BCUT2D eigenvalue weighted by molar-refractivity contribution is 6.74. The van der Waals surface area contributed by atoms with Crippen LogP contribution in [0.2, 0.25) is 18.1 Å². The first-order chi connectivity index (χ1) is 8.80. The standard InChI is InChI=1S/C15H31NO3Si/c1-14(2,3)18-13(17)16-11-9-12(10-11)19-20(7,8)15(4,5)6/h11-12H,9-10H2,1-8H3,(H,16,17). The van der Waals surface area contributed by atoms with E-state index in [1.54, 1.807) is 0 Å². The summed E-state index contributed by atoms with van der Waals surface area (Å²) in [4.78, 5) is 11.6. The molecule has 0 bridgehead atoms. The van der Waals surface area contributed by atoms with Crippen LogP contribution in [-0.2, 0) is 9.16 Å². The van der Waals surface area contributed by atoms with Crippen molar-refractivity contribution in [1.29, 1.82) is 0 Å². The van der Waals surface area contributed by atoms with Crippen molar-refractivity contribution in [2.45, 2.75) is 90.3 Å². The molecule has 0 aromatic carbocycles. The van der Waals surface area contributed by atoms with Crippen LogP contribution in [0.4, 0.5) is 4.79 Å². The van der Waals surface area contributed by atoms with Crippen LogP contribution in [0.1, 0.15) is 54.4 Å². The average Bonchev–Trinajstić information content (AvgIpc) is 2.08. The van der Waals surface area contributed by atoms with Gasteiger partial charge in [-0.1, -0.05) is 20.8 Å². The average molecular weight is 302 g/mol. The zero-order chi connectivity index (χ0) is 15.8. The van der Waals surface area contributed by atoms with E-state index in [-0.39, 0.29) is 23.3 Å². The van der Waals surface area contributed by atoms with Gasteiger partial charge in [-0.25, -0.2) is 4.79 Å². The Labute approximate surface area is 124 Å². The van der Waals surface area contributed by atoms with Crippen LogP contribution in [0.3, 0.4) is 0 Å². The lowest BCUT2D eigenvalue weighted by Gasteiger charge is -2.44. The van der Waals surface area contributed by atoms with E-state index in [1.165, 1.54) is 0 Å². The molecule has 0 unspecified atom stereocenters. The molecule has 1 amide bonds. The molecule has 0 spiro atoms. The first-order valence-electron chi connectivity index (χ1n) is 7.47. The molecule has 1 aliphatic carbocycles. The van der Waals surface area contributed by atoms with Gasteiger partial charge in [0.15, 0.2) is 8.32 Å². The minimum absolute atomic E-state index is 0.194. The highest BCUT2D eigenvalue weighted by Crippen LogP contribution is 2.40. The normalized spacial score (nSPS) is 24.0. The number of carbonyl (C=O) groups is 1. The van der Waals surface area contributed by atoms with E-state index in [1.807, 2.05) is 20.8 Å². The molecule has 0 atom stereocenters. The van der Waals surface area contributed by atoms with Gasteiger partial charge in [0.25, 0.3) is 0 Å². The van der Waals surface area contributed by atoms with Gasteiger partial charge < -0.3 is 14.5 Å². The van der Waals surface area contributed by atoms with E-state index in [4.69, 9.17) is 9.16 Å². The van der Waals surface area contributed by atoms with E-state index in [0.717, 1.165) is 12.8 Å². The second-order valence-corrected chi connectivity index (χ2v) is 13.1. The van der Waals surface area contributed by atoms with Crippen LogP contribution in [0.5, 0.6) is 0 Å². The Bertz CT molecular complexity index is 349. The van der Waals surface area contributed by atoms with E-state index in [0.29, 0.717) is 0 Å². The number of hydrogen-bond acceptors (Lipinski definition) is 3. The predicted molar refractivity (Wildman–Crippen MR) is 84.5 cm³/mol. The van der Waals surface area contributed by atoms with Gasteiger partial charge in [0.2, 0.25) is 0 Å². The smallest absolute Gasteiger partial charge is 0.407 e. The highest BCUT2D eigenvalue weighted by Gasteiger charge is 2.42. The Morgan fingerprint density at radius 2 is 1.60 bits per heavy atom. The number of rotatable bonds is 3. The van der Waals surface area contributed by atoms with Gasteiger partial charge in [-0.15, -0.1) is 0 Å². The number of carbonyl (C=O) groups excluding carboxylic acids is 1. The SMILES string of the molecule is CC(C)(C)OC(=O)NC1CC(O[Si](C)(C)C(C)(C)C)C1. The lowest BCUT2D eigenvalue weighted by molar-refractivity contribution is 0.0334. The van der Waals surface area contributed by atoms with Crippen molar-refractivity contribution in [3.8, 4) is 0 Å². The molecule has 0 aliphatic heterocycles. The fraction of sp³-hybridized carbons (Fsp3) is 0.933. The maximum Gasteiger partial charge on any atom is 0.407 e. The molecule has 0 radical (unpaired) electrons. The zero-order valence-electron chi connectivity index (χ0n) is 14.3. The maximum atomic E-state index is 11.6. The molecule has 4 nitrogen and oxygen atoms in total. The van der Waals surface area contributed by atoms with Crippen LogP contribution in [0.25, 0.3) is 0 Å². The summed E-state index contributed by atoms with van der Waals surface area (Å²) < 4.78 is 11.6. The highest BCUT2D eigenvalue weighted by atomic mass is 28.4. The molecule has 20 heavy (non-hydrogen) atoms. The Hall–Kier alpha value is -0.553. The minimum atomic E-state index is -1.69. The number of ether oxygens (including phenoxy) is 1. The molecular formula is C15H31NO3Si. The quantitative estimate of drug-likeness (QED) is 0.800. The summed E-state index contributed by atoms with van der Waals surface area (Å²) in [5.74, 6) is 0. The molecule has 0 heterocycles. The largest absolute Gasteiger partial charge is 0.444 e. The lowest BCUT2D eigenvalue weighted by Crippen LogP contribution is -2.53. The van der Waals surface area contributed by atoms with Crippen LogP contribution < -0.4 is 5.32 Å². The van der Waals surface area contributed by atoms with Crippen molar-refractivity contribution in [2.75, 3.05) is 0 Å². The molecule has 1 fully saturated rings. The molecular weight excluding hydrogens is 270 g/mol. The van der Waals surface area contributed by atoms with Crippen LogP contribution in [0.15, 0.2) is 0 Å². The van der Waals surface area contributed by atoms with Crippen LogP contribution >= 0.6 is 0 Å². The third-order valence-corrected chi connectivity index (χ3v) is 8.62. The van der Waals surface area contributed by atoms with E-state index < -0.39 is 13.9 Å². The molecule has 1 saturated carbocycles. The second-order valence-electron chi connectivity index (χ2n) is 8.31. The number of alkyl carbamates (subject to hydrolysis) is 1. The Morgan fingerprint density at radius 1 is 1.10 bits per heavy atom. The van der Waals surface area contributed by atoms with Gasteiger partial charge in [0, 0.05) is 12.1 Å². The van der Waals surface area contributed by atoms with E-state index in [9.17, 15) is 4.79 Å². The molecule has 118 valence electrons. The first-order valence-corrected chi connectivity index (χ1v) is 10.4. The maximum absolute atomic E-state index is 11.6. The summed E-state index contributed by atoms with van der Waals surface area (Å²) in [6.07, 6.45) is 1.75. The first kappa shape index (κ1) is 17.5. The monoisotopic (exact) mass is 301 g/mol. The van der Waals surface area contributed by atoms with E-state index in [2.05, 4.69) is 39.2 Å². The van der Waals surface area contributed by atoms with Crippen LogP contribution in [-0.4, -0.2) is 32.2 Å². The summed E-state index contributed by atoms with van der Waals surface area (Å²) in [7, 11) is -1.69. The summed E-state index contributed by atoms with van der Waals surface area (Å²) in [5.41, 5.74) is -0.440. The Morgan fingerprint density at radius 3 is 2.00 bits per heavy atom. The third-order valence-electron chi connectivity index (χ3n) is 4.08. The minimum Gasteiger partial charge on any atom is -0.444 e. The van der Waals surface area contributed by atoms with Crippen molar-refractivity contribution in [3.63, 3.8) is 0 Å². The Kier molecular flexibility index (Phi) is 4.97. The third kappa shape index (κ3) is 5.09. The lowest BCUT2D eigenvalue weighted by atomic mass is 9.90. The molecule has 1 N–H and O–H groups in total. The number of nitrogens with one attached hydrogen (secondary N) is 1. The predicted octanol–water partition coefficient (Wildman–Crippen LogP) is 4.06. The molecule has 5 heteroatoms. The number of amides is 1. The van der Waals surface area contributed by atoms with Crippen LogP contribution in [0, 0.1) is 0 Å².